The van der Waals surface area contributed by atoms with Crippen LogP contribution in [0.1, 0.15) is 27.0 Å². The number of amides is 1. The van der Waals surface area contributed by atoms with Crippen LogP contribution >= 0.6 is 0 Å². The maximum atomic E-state index is 12.3. The van der Waals surface area contributed by atoms with E-state index in [-0.39, 0.29) is 30.0 Å². The number of ether oxygens (including phenoxy) is 4. The first-order valence-electron chi connectivity index (χ1n) is 7.83. The van der Waals surface area contributed by atoms with Gasteiger partial charge >= 0.3 is 5.69 Å². The van der Waals surface area contributed by atoms with Crippen LogP contribution in [0.15, 0.2) is 17.1 Å². The monoisotopic (exact) mass is 337 g/mol. The van der Waals surface area contributed by atoms with Crippen LogP contribution in [0.3, 0.4) is 0 Å². The number of carbonyl (C=O) groups excluding carboxylic acids is 1. The van der Waals surface area contributed by atoms with Gasteiger partial charge in [0, 0.05) is 13.1 Å². The largest absolute Gasteiger partial charge is 0.370 e. The van der Waals surface area contributed by atoms with Gasteiger partial charge in [-0.2, -0.15) is 4.98 Å². The summed E-state index contributed by atoms with van der Waals surface area (Å²) in [5.74, 6) is -0.848. The molecule has 1 unspecified atom stereocenters. The van der Waals surface area contributed by atoms with E-state index in [9.17, 15) is 9.59 Å². The second-order valence-electron chi connectivity index (χ2n) is 6.61. The molecule has 130 valence electrons. The zero-order chi connectivity index (χ0) is 17.1. The summed E-state index contributed by atoms with van der Waals surface area (Å²) in [7, 11) is 0. The van der Waals surface area contributed by atoms with Crippen molar-refractivity contribution in [3.05, 3.63) is 22.7 Å². The predicted octanol–water partition coefficient (Wildman–Crippen LogP) is 0.0180. The normalized spacial score (nSPS) is 36.4. The molecule has 3 fully saturated rings. The highest BCUT2D eigenvalue weighted by atomic mass is 16.8. The molecule has 1 aromatic rings. The summed E-state index contributed by atoms with van der Waals surface area (Å²) < 4.78 is 24.6. The molecule has 0 radical (unpaired) electrons. The van der Waals surface area contributed by atoms with Gasteiger partial charge in [0.1, 0.15) is 30.2 Å². The Kier molecular flexibility index (Phi) is 3.50. The van der Waals surface area contributed by atoms with Crippen molar-refractivity contribution in [1.82, 2.24) is 9.55 Å². The Morgan fingerprint density at radius 3 is 2.67 bits per heavy atom. The molecule has 0 aromatic carbocycles. The standard InChI is InChI=1S/C15H19N3O6/c1-7(19)16-9-4-5-18(14(20)17-9)13-12-11(23-15(2,3)24-12)10(22-13)8-6-21-8/h4-5,8,10-13H,6H2,1-3H3,(H,16,17,19,20)/t8?,10-,11-,12-,13-/m1/s1. The Morgan fingerprint density at radius 2 is 2.04 bits per heavy atom. The fourth-order valence-electron chi connectivity index (χ4n) is 3.23. The van der Waals surface area contributed by atoms with Crippen molar-refractivity contribution in [1.29, 1.82) is 0 Å². The first kappa shape index (κ1) is 15.7. The van der Waals surface area contributed by atoms with Crippen LogP contribution in [0.25, 0.3) is 0 Å². The van der Waals surface area contributed by atoms with Gasteiger partial charge in [0.2, 0.25) is 5.91 Å². The third kappa shape index (κ3) is 2.73. The lowest BCUT2D eigenvalue weighted by Gasteiger charge is -2.24. The van der Waals surface area contributed by atoms with Gasteiger partial charge < -0.3 is 24.3 Å². The Morgan fingerprint density at radius 1 is 1.33 bits per heavy atom. The lowest BCUT2D eigenvalue weighted by Crippen LogP contribution is -2.35. The number of nitrogens with zero attached hydrogens (tertiary/aromatic N) is 2. The third-order valence-electron chi connectivity index (χ3n) is 4.20. The van der Waals surface area contributed by atoms with Gasteiger partial charge in [-0.25, -0.2) is 4.79 Å². The van der Waals surface area contributed by atoms with E-state index in [0.29, 0.717) is 6.61 Å². The van der Waals surface area contributed by atoms with E-state index in [1.165, 1.54) is 17.7 Å². The molecular weight excluding hydrogens is 318 g/mol. The first-order valence-corrected chi connectivity index (χ1v) is 7.83. The van der Waals surface area contributed by atoms with Gasteiger partial charge in [-0.1, -0.05) is 0 Å². The molecule has 4 rings (SSSR count). The quantitative estimate of drug-likeness (QED) is 0.775. The summed E-state index contributed by atoms with van der Waals surface area (Å²) >= 11 is 0. The minimum Gasteiger partial charge on any atom is -0.370 e. The van der Waals surface area contributed by atoms with Gasteiger partial charge in [-0.3, -0.25) is 9.36 Å². The maximum absolute atomic E-state index is 12.3. The summed E-state index contributed by atoms with van der Waals surface area (Å²) in [6.45, 7) is 5.62. The summed E-state index contributed by atoms with van der Waals surface area (Å²) in [5, 5.41) is 2.48. The van der Waals surface area contributed by atoms with Crippen molar-refractivity contribution in [3.63, 3.8) is 0 Å². The lowest BCUT2D eigenvalue weighted by molar-refractivity contribution is -0.199. The van der Waals surface area contributed by atoms with E-state index in [0.717, 1.165) is 0 Å². The third-order valence-corrected chi connectivity index (χ3v) is 4.20. The Balaban J connectivity index is 1.63. The first-order chi connectivity index (χ1) is 11.3. The molecule has 0 bridgehead atoms. The summed E-state index contributed by atoms with van der Waals surface area (Å²) in [6.07, 6.45) is -0.184. The van der Waals surface area contributed by atoms with Crippen molar-refractivity contribution < 1.29 is 23.7 Å². The maximum Gasteiger partial charge on any atom is 0.351 e. The van der Waals surface area contributed by atoms with Gasteiger partial charge in [-0.05, 0) is 19.9 Å². The highest BCUT2D eigenvalue weighted by molar-refractivity contribution is 5.87. The van der Waals surface area contributed by atoms with Crippen LogP contribution in [0, 0.1) is 0 Å². The molecule has 24 heavy (non-hydrogen) atoms. The zero-order valence-corrected chi connectivity index (χ0v) is 13.6. The number of anilines is 1. The predicted molar refractivity (Wildman–Crippen MR) is 80.3 cm³/mol. The minimum absolute atomic E-state index is 0.0395. The highest BCUT2D eigenvalue weighted by Crippen LogP contribution is 2.45. The van der Waals surface area contributed by atoms with Crippen LogP contribution in [-0.4, -0.2) is 52.3 Å². The molecule has 3 saturated heterocycles. The molecule has 1 amide bonds. The van der Waals surface area contributed by atoms with Crippen LogP contribution in [0.2, 0.25) is 0 Å². The topological polar surface area (TPSA) is 104 Å². The van der Waals surface area contributed by atoms with Crippen molar-refractivity contribution in [2.75, 3.05) is 11.9 Å². The van der Waals surface area contributed by atoms with Crippen molar-refractivity contribution in [2.24, 2.45) is 0 Å². The number of nitrogens with one attached hydrogen (secondary N) is 1. The fourth-order valence-corrected chi connectivity index (χ4v) is 3.23. The number of hydrogen-bond acceptors (Lipinski definition) is 7. The molecular formula is C15H19N3O6. The molecule has 5 atom stereocenters. The molecule has 9 heteroatoms. The molecule has 4 heterocycles. The summed E-state index contributed by atoms with van der Waals surface area (Å²) in [4.78, 5) is 27.3. The second kappa shape index (κ2) is 5.35. The number of epoxide rings is 1. The number of rotatable bonds is 3. The molecule has 1 aromatic heterocycles. The molecule has 0 saturated carbocycles. The van der Waals surface area contributed by atoms with Gasteiger partial charge in [-0.15, -0.1) is 0 Å². The summed E-state index contributed by atoms with van der Waals surface area (Å²) in [6, 6.07) is 1.54. The van der Waals surface area contributed by atoms with Gasteiger partial charge in [0.15, 0.2) is 12.0 Å². The van der Waals surface area contributed by atoms with Crippen LogP contribution in [0.4, 0.5) is 5.82 Å². The summed E-state index contributed by atoms with van der Waals surface area (Å²) in [5.41, 5.74) is -0.532. The van der Waals surface area contributed by atoms with E-state index in [4.69, 9.17) is 18.9 Å². The molecule has 1 N–H and O–H groups in total. The smallest absolute Gasteiger partial charge is 0.351 e. The van der Waals surface area contributed by atoms with E-state index >= 15 is 0 Å². The van der Waals surface area contributed by atoms with E-state index < -0.39 is 23.8 Å². The van der Waals surface area contributed by atoms with Crippen LogP contribution in [0.5, 0.6) is 0 Å². The Labute approximate surface area is 137 Å². The van der Waals surface area contributed by atoms with Crippen molar-refractivity contribution >= 4 is 11.7 Å². The van der Waals surface area contributed by atoms with E-state index in [2.05, 4.69) is 10.3 Å². The average molecular weight is 337 g/mol. The number of aromatic nitrogens is 2. The molecule has 3 aliphatic heterocycles. The second-order valence-corrected chi connectivity index (χ2v) is 6.61. The van der Waals surface area contributed by atoms with E-state index in [1.54, 1.807) is 6.07 Å². The van der Waals surface area contributed by atoms with Crippen LogP contribution in [-0.2, 0) is 23.7 Å². The van der Waals surface area contributed by atoms with Crippen molar-refractivity contribution in [3.8, 4) is 0 Å². The number of hydrogen-bond donors (Lipinski definition) is 1. The average Bonchev–Trinajstić information content (AvgIpc) is 3.18. The molecule has 0 spiro atoms. The molecule has 3 aliphatic rings. The number of carbonyl (C=O) groups is 1. The van der Waals surface area contributed by atoms with Gasteiger partial charge in [0.05, 0.1) is 6.61 Å². The van der Waals surface area contributed by atoms with Gasteiger partial charge in [0.25, 0.3) is 0 Å². The SMILES string of the molecule is CC(=O)Nc1ccn([C@@H]2O[C@H](C3CO3)[C@H]3OC(C)(C)O[C@H]32)c(=O)n1. The highest BCUT2D eigenvalue weighted by Gasteiger charge is 2.60. The molecule has 0 aliphatic carbocycles. The number of fused-ring (bicyclic) bond motifs is 1. The zero-order valence-electron chi connectivity index (χ0n) is 13.6. The Bertz CT molecular complexity index is 728. The molecule has 9 nitrogen and oxygen atoms in total. The fraction of sp³-hybridized carbons (Fsp3) is 0.667. The van der Waals surface area contributed by atoms with E-state index in [1.807, 2.05) is 13.8 Å². The minimum atomic E-state index is -0.752. The Hall–Kier alpha value is -1.81. The lowest BCUT2D eigenvalue weighted by atomic mass is 10.1. The van der Waals surface area contributed by atoms with Crippen molar-refractivity contribution in [2.45, 2.75) is 57.2 Å². The van der Waals surface area contributed by atoms with Crippen LogP contribution < -0.4 is 11.0 Å².